The lowest BCUT2D eigenvalue weighted by molar-refractivity contribution is -0.384. The Balaban J connectivity index is 1.72. The van der Waals surface area contributed by atoms with Crippen LogP contribution in [-0.2, 0) is 26.2 Å². The fraction of sp³-hybridized carbons (Fsp3) is 0.240. The molecule has 1 aliphatic heterocycles. The van der Waals surface area contributed by atoms with E-state index in [-0.39, 0.29) is 26.8 Å². The largest absolute Gasteiger partial charge is 0.416 e. The van der Waals surface area contributed by atoms with Gasteiger partial charge in [0.05, 0.1) is 38.1 Å². The molecule has 0 amide bonds. The predicted molar refractivity (Wildman–Crippen MR) is 139 cm³/mol. The molecule has 0 N–H and O–H groups in total. The molecule has 3 aromatic rings. The molecular formula is C25H23F3N4O6S2. The highest BCUT2D eigenvalue weighted by atomic mass is 32.2. The Morgan fingerprint density at radius 2 is 1.45 bits per heavy atom. The van der Waals surface area contributed by atoms with Gasteiger partial charge in [0.2, 0.25) is 10.0 Å². The average molecular weight is 597 g/mol. The van der Waals surface area contributed by atoms with Crippen molar-refractivity contribution in [1.82, 2.24) is 8.72 Å². The summed E-state index contributed by atoms with van der Waals surface area (Å²) in [6, 6.07) is 12.0. The summed E-state index contributed by atoms with van der Waals surface area (Å²) in [4.78, 5) is 9.97. The molecular weight excluding hydrogens is 573 g/mol. The zero-order chi connectivity index (χ0) is 29.6. The first kappa shape index (κ1) is 29.2. The van der Waals surface area contributed by atoms with Crippen LogP contribution in [0.2, 0.25) is 0 Å². The summed E-state index contributed by atoms with van der Waals surface area (Å²) < 4.78 is 94.1. The van der Waals surface area contributed by atoms with Crippen molar-refractivity contribution in [2.24, 2.45) is 5.10 Å². The zero-order valence-corrected chi connectivity index (χ0v) is 22.9. The van der Waals surface area contributed by atoms with Crippen LogP contribution in [0.25, 0.3) is 0 Å². The number of sulfonamides is 2. The first-order valence-electron chi connectivity index (χ1n) is 11.6. The molecule has 1 fully saturated rings. The number of halogens is 3. The van der Waals surface area contributed by atoms with Crippen molar-refractivity contribution in [3.05, 3.63) is 99.6 Å². The lowest BCUT2D eigenvalue weighted by Gasteiger charge is -2.15. The van der Waals surface area contributed by atoms with Gasteiger partial charge >= 0.3 is 6.18 Å². The molecule has 0 spiro atoms. The lowest BCUT2D eigenvalue weighted by Crippen LogP contribution is -2.25. The summed E-state index contributed by atoms with van der Waals surface area (Å²) in [6.45, 7) is 3.20. The first-order valence-corrected chi connectivity index (χ1v) is 14.5. The predicted octanol–water partition coefficient (Wildman–Crippen LogP) is 4.73. The van der Waals surface area contributed by atoms with Crippen molar-refractivity contribution in [2.75, 3.05) is 7.05 Å². The summed E-state index contributed by atoms with van der Waals surface area (Å²) in [5, 5.41) is 15.1. The first-order chi connectivity index (χ1) is 18.5. The van der Waals surface area contributed by atoms with E-state index in [1.165, 1.54) is 26.1 Å². The molecule has 0 aromatic heterocycles. The van der Waals surface area contributed by atoms with Gasteiger partial charge in [-0.1, -0.05) is 29.8 Å². The van der Waals surface area contributed by atoms with Crippen molar-refractivity contribution >= 4 is 31.4 Å². The van der Waals surface area contributed by atoms with Gasteiger partial charge in [0.1, 0.15) is 0 Å². The number of hydrazone groups is 1. The minimum absolute atomic E-state index is 0.0393. The molecule has 0 bridgehead atoms. The van der Waals surface area contributed by atoms with Crippen LogP contribution < -0.4 is 0 Å². The van der Waals surface area contributed by atoms with E-state index in [0.29, 0.717) is 4.41 Å². The second-order valence-corrected chi connectivity index (χ2v) is 12.9. The molecule has 1 saturated heterocycles. The topological polar surface area (TPSA) is 130 Å². The minimum atomic E-state index is -4.60. The number of nitrogens with zero attached hydrogens (tertiary/aromatic N) is 4. The van der Waals surface area contributed by atoms with Crippen molar-refractivity contribution in [1.29, 1.82) is 0 Å². The highest BCUT2D eigenvalue weighted by Crippen LogP contribution is 2.49. The SMILES string of the molecule is C/C(=N\N(C)S(=O)(=O)c1ccc(C)cc1)[C@@H]1[C@@H](c2ccc(C(F)(F)F)cc2)N1S(=O)(=O)c1ccc([N+](=O)[O-])cc1. The van der Waals surface area contributed by atoms with Gasteiger partial charge in [-0.3, -0.25) is 10.1 Å². The van der Waals surface area contributed by atoms with Crippen LogP contribution in [0.5, 0.6) is 0 Å². The number of benzene rings is 3. The number of nitro benzene ring substituents is 1. The van der Waals surface area contributed by atoms with Crippen LogP contribution in [-0.4, -0.2) is 49.3 Å². The summed E-state index contributed by atoms with van der Waals surface area (Å²) in [6.07, 6.45) is -4.60. The summed E-state index contributed by atoms with van der Waals surface area (Å²) >= 11 is 0. The molecule has 0 radical (unpaired) electrons. The Morgan fingerprint density at radius 3 is 1.95 bits per heavy atom. The molecule has 1 aliphatic rings. The van der Waals surface area contributed by atoms with E-state index in [9.17, 15) is 40.1 Å². The van der Waals surface area contributed by atoms with E-state index in [4.69, 9.17) is 0 Å². The van der Waals surface area contributed by atoms with Crippen molar-refractivity contribution in [3.63, 3.8) is 0 Å². The van der Waals surface area contributed by atoms with Gasteiger partial charge in [-0.05, 0) is 55.8 Å². The minimum Gasteiger partial charge on any atom is -0.258 e. The van der Waals surface area contributed by atoms with E-state index in [1.54, 1.807) is 19.1 Å². The summed E-state index contributed by atoms with van der Waals surface area (Å²) in [7, 11) is -7.23. The number of aryl methyl sites for hydroxylation is 1. The number of nitro groups is 1. The zero-order valence-electron chi connectivity index (χ0n) is 21.3. The maximum atomic E-state index is 13.5. The fourth-order valence-electron chi connectivity index (χ4n) is 4.18. The molecule has 3 atom stereocenters. The third-order valence-electron chi connectivity index (χ3n) is 6.35. The summed E-state index contributed by atoms with van der Waals surface area (Å²) in [5.41, 5.74) is -0.129. The highest BCUT2D eigenvalue weighted by molar-refractivity contribution is 7.89. The number of non-ortho nitro benzene ring substituents is 1. The number of alkyl halides is 3. The summed E-state index contributed by atoms with van der Waals surface area (Å²) in [5.74, 6) is 0. The standard InChI is InChI=1S/C25H23F3N4O6S2/c1-16-4-12-21(13-5-16)39(35,36)30(3)29-17(2)23-24(18-6-8-19(9-7-18)25(26,27)28)31(23)40(37,38)22-14-10-20(11-15-22)32(33)34/h4-15,23-24H,1-3H3/b29-17+/t23-,24-,31?/m1/s1. The number of hydrogen-bond acceptors (Lipinski definition) is 7. The van der Waals surface area contributed by atoms with Gasteiger partial charge in [-0.25, -0.2) is 8.42 Å². The van der Waals surface area contributed by atoms with Crippen LogP contribution in [0.1, 0.15) is 29.7 Å². The molecule has 0 aliphatic carbocycles. The third kappa shape index (κ3) is 5.57. The van der Waals surface area contributed by atoms with Gasteiger partial charge < -0.3 is 0 Å². The van der Waals surface area contributed by atoms with Crippen LogP contribution in [0.4, 0.5) is 18.9 Å². The second kappa shape index (κ2) is 10.3. The smallest absolute Gasteiger partial charge is 0.258 e. The van der Waals surface area contributed by atoms with Crippen molar-refractivity contribution < 1.29 is 34.9 Å². The van der Waals surface area contributed by atoms with Crippen LogP contribution in [0, 0.1) is 17.0 Å². The van der Waals surface area contributed by atoms with Gasteiger partial charge in [-0.2, -0.15) is 35.4 Å². The molecule has 40 heavy (non-hydrogen) atoms. The fourth-order valence-corrected chi connectivity index (χ4v) is 6.97. The van der Waals surface area contributed by atoms with E-state index in [0.717, 1.165) is 58.4 Å². The van der Waals surface area contributed by atoms with Crippen LogP contribution >= 0.6 is 0 Å². The molecule has 15 heteroatoms. The molecule has 1 heterocycles. The molecule has 0 saturated carbocycles. The Labute approximate surface area is 228 Å². The molecule has 212 valence electrons. The van der Waals surface area contributed by atoms with Crippen LogP contribution in [0.15, 0.2) is 87.7 Å². The lowest BCUT2D eigenvalue weighted by atomic mass is 10.1. The Kier molecular flexibility index (Phi) is 7.51. The van der Waals surface area contributed by atoms with E-state index in [1.807, 2.05) is 0 Å². The Morgan fingerprint density at radius 1 is 0.925 bits per heavy atom. The van der Waals surface area contributed by atoms with Gasteiger partial charge in [0, 0.05) is 19.2 Å². The normalized spacial score (nSPS) is 19.8. The number of hydrogen-bond donors (Lipinski definition) is 0. The van der Waals surface area contributed by atoms with Crippen molar-refractivity contribution in [2.45, 2.75) is 41.9 Å². The maximum Gasteiger partial charge on any atom is 0.416 e. The van der Waals surface area contributed by atoms with E-state index in [2.05, 4.69) is 5.10 Å². The molecule has 1 unspecified atom stereocenters. The van der Waals surface area contributed by atoms with E-state index < -0.39 is 48.8 Å². The average Bonchev–Trinajstić information content (AvgIpc) is 3.65. The Hall–Kier alpha value is -3.82. The van der Waals surface area contributed by atoms with Gasteiger partial charge in [0.25, 0.3) is 15.7 Å². The van der Waals surface area contributed by atoms with Crippen molar-refractivity contribution in [3.8, 4) is 0 Å². The maximum absolute atomic E-state index is 13.5. The van der Waals surface area contributed by atoms with E-state index >= 15 is 0 Å². The highest BCUT2D eigenvalue weighted by Gasteiger charge is 2.58. The second-order valence-electron chi connectivity index (χ2n) is 9.09. The molecule has 4 rings (SSSR count). The van der Waals surface area contributed by atoms with Gasteiger partial charge in [0.15, 0.2) is 0 Å². The third-order valence-corrected chi connectivity index (χ3v) is 9.88. The number of rotatable bonds is 8. The quantitative estimate of drug-likeness (QED) is 0.160. The molecule has 10 nitrogen and oxygen atoms in total. The molecule has 3 aromatic carbocycles. The van der Waals surface area contributed by atoms with Gasteiger partial charge in [-0.15, -0.1) is 0 Å². The Bertz CT molecular complexity index is 1670. The van der Waals surface area contributed by atoms with Crippen LogP contribution in [0.3, 0.4) is 0 Å². The monoisotopic (exact) mass is 596 g/mol.